The number of carbonyl (C=O) groups is 2. The third-order valence-electron chi connectivity index (χ3n) is 2.00. The SMILES string of the molecule is CC(=O)Nc1ccc(SC(C)C(=O)NN)cc1. The summed E-state index contributed by atoms with van der Waals surface area (Å²) in [5.41, 5.74) is 2.84. The second-order valence-electron chi connectivity index (χ2n) is 3.47. The second kappa shape index (κ2) is 6.27. The van der Waals surface area contributed by atoms with Crippen LogP contribution in [0.4, 0.5) is 5.69 Å². The van der Waals surface area contributed by atoms with Gasteiger partial charge in [0, 0.05) is 17.5 Å². The van der Waals surface area contributed by atoms with Crippen LogP contribution in [-0.2, 0) is 9.59 Å². The summed E-state index contributed by atoms with van der Waals surface area (Å²) in [6.45, 7) is 3.23. The van der Waals surface area contributed by atoms with E-state index in [-0.39, 0.29) is 17.1 Å². The van der Waals surface area contributed by atoms with E-state index >= 15 is 0 Å². The summed E-state index contributed by atoms with van der Waals surface area (Å²) in [7, 11) is 0. The first-order valence-corrected chi connectivity index (χ1v) is 5.95. The van der Waals surface area contributed by atoms with Gasteiger partial charge in [-0.15, -0.1) is 11.8 Å². The number of hydrogen-bond acceptors (Lipinski definition) is 4. The first-order chi connectivity index (χ1) is 8.02. The average Bonchev–Trinajstić information content (AvgIpc) is 2.30. The van der Waals surface area contributed by atoms with Crippen molar-refractivity contribution in [1.82, 2.24) is 5.43 Å². The molecule has 0 aliphatic rings. The quantitative estimate of drug-likeness (QED) is 0.325. The highest BCUT2D eigenvalue weighted by Gasteiger charge is 2.12. The molecule has 1 aromatic rings. The Morgan fingerprint density at radius 1 is 1.29 bits per heavy atom. The lowest BCUT2D eigenvalue weighted by Crippen LogP contribution is -2.36. The molecule has 0 aliphatic carbocycles. The van der Waals surface area contributed by atoms with Gasteiger partial charge < -0.3 is 5.32 Å². The number of hydrazine groups is 1. The summed E-state index contributed by atoms with van der Waals surface area (Å²) in [5.74, 6) is 4.71. The summed E-state index contributed by atoms with van der Waals surface area (Å²) < 4.78 is 0. The van der Waals surface area contributed by atoms with Crippen LogP contribution in [0.3, 0.4) is 0 Å². The summed E-state index contributed by atoms with van der Waals surface area (Å²) in [4.78, 5) is 23.0. The fraction of sp³-hybridized carbons (Fsp3) is 0.273. The minimum Gasteiger partial charge on any atom is -0.326 e. The number of nitrogens with one attached hydrogen (secondary N) is 2. The number of thioether (sulfide) groups is 1. The summed E-state index contributed by atoms with van der Waals surface area (Å²) in [6.07, 6.45) is 0. The smallest absolute Gasteiger partial charge is 0.247 e. The van der Waals surface area contributed by atoms with Gasteiger partial charge >= 0.3 is 0 Å². The Morgan fingerprint density at radius 2 is 1.88 bits per heavy atom. The van der Waals surface area contributed by atoms with Crippen molar-refractivity contribution < 1.29 is 9.59 Å². The molecule has 5 nitrogen and oxygen atoms in total. The maximum Gasteiger partial charge on any atom is 0.247 e. The molecule has 6 heteroatoms. The van der Waals surface area contributed by atoms with Crippen LogP contribution in [0.5, 0.6) is 0 Å². The molecular formula is C11H15N3O2S. The van der Waals surface area contributed by atoms with E-state index in [0.717, 1.165) is 10.6 Å². The predicted molar refractivity (Wildman–Crippen MR) is 68.4 cm³/mol. The third kappa shape index (κ3) is 4.46. The Balaban J connectivity index is 2.62. The highest BCUT2D eigenvalue weighted by Crippen LogP contribution is 2.24. The Hall–Kier alpha value is -1.53. The van der Waals surface area contributed by atoms with Gasteiger partial charge in [0.25, 0.3) is 0 Å². The second-order valence-corrected chi connectivity index (χ2v) is 4.89. The van der Waals surface area contributed by atoms with Crippen molar-refractivity contribution in [2.45, 2.75) is 24.0 Å². The fourth-order valence-corrected chi connectivity index (χ4v) is 2.07. The van der Waals surface area contributed by atoms with Crippen LogP contribution in [-0.4, -0.2) is 17.1 Å². The molecule has 0 radical (unpaired) electrons. The van der Waals surface area contributed by atoms with E-state index in [1.807, 2.05) is 12.1 Å². The number of amides is 2. The zero-order valence-electron chi connectivity index (χ0n) is 9.69. The van der Waals surface area contributed by atoms with Gasteiger partial charge in [0.1, 0.15) is 0 Å². The van der Waals surface area contributed by atoms with Crippen LogP contribution in [0.25, 0.3) is 0 Å². The Labute approximate surface area is 104 Å². The first kappa shape index (κ1) is 13.5. The highest BCUT2D eigenvalue weighted by atomic mass is 32.2. The first-order valence-electron chi connectivity index (χ1n) is 5.07. The molecule has 0 fully saturated rings. The Kier molecular flexibility index (Phi) is 4.99. The van der Waals surface area contributed by atoms with Gasteiger partial charge in [-0.05, 0) is 31.2 Å². The van der Waals surface area contributed by atoms with Crippen molar-refractivity contribution in [1.29, 1.82) is 0 Å². The zero-order chi connectivity index (χ0) is 12.8. The van der Waals surface area contributed by atoms with Crippen LogP contribution in [0.15, 0.2) is 29.2 Å². The zero-order valence-corrected chi connectivity index (χ0v) is 10.5. The van der Waals surface area contributed by atoms with Crippen molar-refractivity contribution in [2.24, 2.45) is 5.84 Å². The van der Waals surface area contributed by atoms with E-state index in [0.29, 0.717) is 0 Å². The van der Waals surface area contributed by atoms with Gasteiger partial charge in [0.15, 0.2) is 0 Å². The van der Waals surface area contributed by atoms with Crippen LogP contribution in [0, 0.1) is 0 Å². The number of carbonyl (C=O) groups excluding carboxylic acids is 2. The van der Waals surface area contributed by atoms with Gasteiger partial charge in [0.2, 0.25) is 11.8 Å². The monoisotopic (exact) mass is 253 g/mol. The molecule has 0 spiro atoms. The number of rotatable bonds is 4. The van der Waals surface area contributed by atoms with Gasteiger partial charge in [-0.1, -0.05) is 0 Å². The summed E-state index contributed by atoms with van der Waals surface area (Å²) in [5, 5.41) is 2.41. The molecule has 1 unspecified atom stereocenters. The minimum atomic E-state index is -0.258. The van der Waals surface area contributed by atoms with Gasteiger partial charge in [-0.2, -0.15) is 0 Å². The molecule has 0 bridgehead atoms. The molecule has 1 rings (SSSR count). The van der Waals surface area contributed by atoms with E-state index in [2.05, 4.69) is 10.7 Å². The number of nitrogens with two attached hydrogens (primary N) is 1. The van der Waals surface area contributed by atoms with E-state index in [1.54, 1.807) is 19.1 Å². The Morgan fingerprint density at radius 3 is 2.35 bits per heavy atom. The number of benzene rings is 1. The Bertz CT molecular complexity index is 406. The maximum atomic E-state index is 11.2. The highest BCUT2D eigenvalue weighted by molar-refractivity contribution is 8.00. The lowest BCUT2D eigenvalue weighted by Gasteiger charge is -2.09. The molecule has 17 heavy (non-hydrogen) atoms. The molecule has 92 valence electrons. The maximum absolute atomic E-state index is 11.2. The molecule has 0 aromatic heterocycles. The lowest BCUT2D eigenvalue weighted by molar-refractivity contribution is -0.120. The van der Waals surface area contributed by atoms with Gasteiger partial charge in [-0.25, -0.2) is 5.84 Å². The van der Waals surface area contributed by atoms with Crippen LogP contribution in [0.2, 0.25) is 0 Å². The van der Waals surface area contributed by atoms with E-state index in [9.17, 15) is 9.59 Å². The molecule has 2 amide bonds. The topological polar surface area (TPSA) is 84.2 Å². The van der Waals surface area contributed by atoms with E-state index in [1.165, 1.54) is 18.7 Å². The molecule has 0 saturated heterocycles. The van der Waals surface area contributed by atoms with Crippen molar-refractivity contribution in [3.8, 4) is 0 Å². The molecular weight excluding hydrogens is 238 g/mol. The molecule has 0 aliphatic heterocycles. The predicted octanol–water partition coefficient (Wildman–Crippen LogP) is 1.12. The van der Waals surface area contributed by atoms with Crippen LogP contribution >= 0.6 is 11.8 Å². The standard InChI is InChI=1S/C11H15N3O2S/c1-7(11(16)14-12)17-10-5-3-9(4-6-10)13-8(2)15/h3-7H,12H2,1-2H3,(H,13,15)(H,14,16). The molecule has 1 atom stereocenters. The van der Waals surface area contributed by atoms with Crippen LogP contribution in [0.1, 0.15) is 13.8 Å². The van der Waals surface area contributed by atoms with Gasteiger partial charge in [-0.3, -0.25) is 15.0 Å². The molecule has 0 saturated carbocycles. The molecule has 4 N–H and O–H groups in total. The normalized spacial score (nSPS) is 11.7. The van der Waals surface area contributed by atoms with E-state index < -0.39 is 0 Å². The van der Waals surface area contributed by atoms with Crippen molar-refractivity contribution in [3.05, 3.63) is 24.3 Å². The summed E-state index contributed by atoms with van der Waals surface area (Å²) >= 11 is 1.40. The van der Waals surface area contributed by atoms with Crippen molar-refractivity contribution in [3.63, 3.8) is 0 Å². The molecule has 1 aromatic carbocycles. The number of hydrogen-bond donors (Lipinski definition) is 3. The minimum absolute atomic E-state index is 0.110. The third-order valence-corrected chi connectivity index (χ3v) is 3.11. The summed E-state index contributed by atoms with van der Waals surface area (Å²) in [6, 6.07) is 7.26. The van der Waals surface area contributed by atoms with Crippen LogP contribution < -0.4 is 16.6 Å². The lowest BCUT2D eigenvalue weighted by atomic mass is 10.3. The van der Waals surface area contributed by atoms with Crippen molar-refractivity contribution >= 4 is 29.3 Å². The number of anilines is 1. The van der Waals surface area contributed by atoms with Gasteiger partial charge in [0.05, 0.1) is 5.25 Å². The van der Waals surface area contributed by atoms with Crippen molar-refractivity contribution in [2.75, 3.05) is 5.32 Å². The fourth-order valence-electron chi connectivity index (χ4n) is 1.20. The largest absolute Gasteiger partial charge is 0.326 e. The molecule has 0 heterocycles. The van der Waals surface area contributed by atoms with E-state index in [4.69, 9.17) is 5.84 Å². The average molecular weight is 253 g/mol.